The highest BCUT2D eigenvalue weighted by Gasteiger charge is 2.19. The molecule has 0 saturated carbocycles. The van der Waals surface area contributed by atoms with E-state index in [-0.39, 0.29) is 17.0 Å². The first-order valence-corrected chi connectivity index (χ1v) is 9.33. The minimum Gasteiger partial charge on any atom is -0.465 e. The summed E-state index contributed by atoms with van der Waals surface area (Å²) >= 11 is 0. The van der Waals surface area contributed by atoms with Crippen molar-refractivity contribution in [1.82, 2.24) is 0 Å². The van der Waals surface area contributed by atoms with E-state index in [0.717, 1.165) is 0 Å². The van der Waals surface area contributed by atoms with E-state index in [0.29, 0.717) is 16.8 Å². The monoisotopic (exact) mass is 417 g/mol. The number of hydrogen-bond acceptors (Lipinski definition) is 6. The second-order valence-electron chi connectivity index (χ2n) is 6.43. The minimum atomic E-state index is -0.805. The summed E-state index contributed by atoms with van der Waals surface area (Å²) in [6.45, 7) is -0.496. The van der Waals surface area contributed by atoms with Crippen LogP contribution in [0.15, 0.2) is 78.9 Å². The van der Waals surface area contributed by atoms with Gasteiger partial charge in [-0.2, -0.15) is 0 Å². The zero-order valence-electron chi connectivity index (χ0n) is 16.7. The minimum absolute atomic E-state index is 0.0149. The van der Waals surface area contributed by atoms with Crippen LogP contribution in [0.3, 0.4) is 0 Å². The molecule has 156 valence electrons. The van der Waals surface area contributed by atoms with Gasteiger partial charge in [0.25, 0.3) is 5.91 Å². The molecular weight excluding hydrogens is 398 g/mol. The number of carbonyl (C=O) groups is 4. The van der Waals surface area contributed by atoms with Gasteiger partial charge in [0.2, 0.25) is 0 Å². The largest absolute Gasteiger partial charge is 0.465 e. The molecule has 1 N–H and O–H groups in total. The summed E-state index contributed by atoms with van der Waals surface area (Å²) < 4.78 is 9.71. The highest BCUT2D eigenvalue weighted by molar-refractivity contribution is 6.06. The Morgan fingerprint density at radius 2 is 1.29 bits per heavy atom. The van der Waals surface area contributed by atoms with Crippen molar-refractivity contribution < 1.29 is 28.7 Å². The molecule has 0 aromatic heterocycles. The molecule has 0 bridgehead atoms. The van der Waals surface area contributed by atoms with Crippen molar-refractivity contribution >= 4 is 29.3 Å². The van der Waals surface area contributed by atoms with Crippen LogP contribution in [0.25, 0.3) is 0 Å². The average molecular weight is 417 g/mol. The van der Waals surface area contributed by atoms with Gasteiger partial charge in [-0.15, -0.1) is 0 Å². The molecule has 0 saturated heterocycles. The van der Waals surface area contributed by atoms with Gasteiger partial charge in [-0.3, -0.25) is 9.59 Å². The third-order valence-electron chi connectivity index (χ3n) is 4.39. The summed E-state index contributed by atoms with van der Waals surface area (Å²) in [4.78, 5) is 48.6. The zero-order valence-corrected chi connectivity index (χ0v) is 16.7. The fourth-order valence-electron chi connectivity index (χ4n) is 2.77. The number of anilines is 1. The number of carbonyl (C=O) groups excluding carboxylic acids is 4. The van der Waals surface area contributed by atoms with Crippen LogP contribution in [0.5, 0.6) is 0 Å². The Labute approximate surface area is 178 Å². The molecule has 0 aliphatic carbocycles. The van der Waals surface area contributed by atoms with E-state index in [1.54, 1.807) is 48.5 Å². The van der Waals surface area contributed by atoms with Crippen LogP contribution in [-0.4, -0.2) is 37.3 Å². The first-order chi connectivity index (χ1) is 15.0. The molecule has 3 aromatic carbocycles. The van der Waals surface area contributed by atoms with Crippen LogP contribution < -0.4 is 5.32 Å². The first-order valence-electron chi connectivity index (χ1n) is 9.33. The number of amides is 1. The molecule has 31 heavy (non-hydrogen) atoms. The van der Waals surface area contributed by atoms with Crippen LogP contribution in [0, 0.1) is 0 Å². The number of nitrogens with one attached hydrogen (secondary N) is 1. The van der Waals surface area contributed by atoms with Crippen LogP contribution in [0.4, 0.5) is 5.69 Å². The van der Waals surface area contributed by atoms with Gasteiger partial charge in [0.1, 0.15) is 0 Å². The Kier molecular flexibility index (Phi) is 6.90. The summed E-state index contributed by atoms with van der Waals surface area (Å²) in [5.74, 6) is -2.17. The Morgan fingerprint density at radius 3 is 1.90 bits per heavy atom. The van der Waals surface area contributed by atoms with Crippen LogP contribution in [-0.2, 0) is 9.47 Å². The van der Waals surface area contributed by atoms with Crippen molar-refractivity contribution in [3.8, 4) is 0 Å². The van der Waals surface area contributed by atoms with Gasteiger partial charge in [-0.1, -0.05) is 30.3 Å². The third-order valence-corrected chi connectivity index (χ3v) is 4.39. The molecule has 0 aliphatic rings. The van der Waals surface area contributed by atoms with Crippen molar-refractivity contribution in [2.75, 3.05) is 19.0 Å². The summed E-state index contributed by atoms with van der Waals surface area (Å²) in [5.41, 5.74) is 1.42. The van der Waals surface area contributed by atoms with Gasteiger partial charge in [0, 0.05) is 16.8 Å². The van der Waals surface area contributed by atoms with Gasteiger partial charge in [0.15, 0.2) is 12.4 Å². The topological polar surface area (TPSA) is 98.8 Å². The second kappa shape index (κ2) is 9.98. The lowest BCUT2D eigenvalue weighted by Crippen LogP contribution is -2.17. The number of rotatable bonds is 7. The molecule has 0 heterocycles. The normalized spacial score (nSPS) is 10.1. The van der Waals surface area contributed by atoms with Gasteiger partial charge in [0.05, 0.1) is 18.2 Å². The SMILES string of the molecule is COC(=O)c1ccccc1C(=O)OCC(=O)c1ccc(NC(=O)c2ccccc2)cc1. The third kappa shape index (κ3) is 5.42. The summed E-state index contributed by atoms with van der Waals surface area (Å²) in [6.07, 6.45) is 0. The fourth-order valence-corrected chi connectivity index (χ4v) is 2.77. The molecule has 1 amide bonds. The lowest BCUT2D eigenvalue weighted by Gasteiger charge is -2.09. The molecule has 0 spiro atoms. The van der Waals surface area contributed by atoms with Crippen molar-refractivity contribution in [3.05, 3.63) is 101 Å². The molecular formula is C24H19NO6. The molecule has 3 rings (SSSR count). The zero-order chi connectivity index (χ0) is 22.2. The molecule has 0 unspecified atom stereocenters. The van der Waals surface area contributed by atoms with Crippen molar-refractivity contribution in [2.24, 2.45) is 0 Å². The first kappa shape index (κ1) is 21.4. The maximum absolute atomic E-state index is 12.4. The van der Waals surface area contributed by atoms with Crippen LogP contribution in [0.1, 0.15) is 41.4 Å². The molecule has 3 aromatic rings. The summed E-state index contributed by atoms with van der Waals surface area (Å²) in [6, 6.07) is 21.0. The number of ketones is 1. The summed E-state index contributed by atoms with van der Waals surface area (Å²) in [7, 11) is 1.21. The maximum atomic E-state index is 12.4. The average Bonchev–Trinajstić information content (AvgIpc) is 2.82. The van der Waals surface area contributed by atoms with Crippen molar-refractivity contribution in [1.29, 1.82) is 0 Å². The Bertz CT molecular complexity index is 1110. The lowest BCUT2D eigenvalue weighted by atomic mass is 10.1. The maximum Gasteiger partial charge on any atom is 0.339 e. The predicted molar refractivity (Wildman–Crippen MR) is 113 cm³/mol. The van der Waals surface area contributed by atoms with E-state index in [2.05, 4.69) is 10.1 Å². The highest BCUT2D eigenvalue weighted by Crippen LogP contribution is 2.14. The molecule has 0 radical (unpaired) electrons. The molecule has 7 nitrogen and oxygen atoms in total. The molecule has 0 fully saturated rings. The van der Waals surface area contributed by atoms with Crippen molar-refractivity contribution in [3.63, 3.8) is 0 Å². The van der Waals surface area contributed by atoms with Gasteiger partial charge in [-0.25, -0.2) is 9.59 Å². The lowest BCUT2D eigenvalue weighted by molar-refractivity contribution is 0.0463. The fraction of sp³-hybridized carbons (Fsp3) is 0.0833. The van der Waals surface area contributed by atoms with E-state index in [9.17, 15) is 19.2 Å². The quantitative estimate of drug-likeness (QED) is 0.464. The van der Waals surface area contributed by atoms with Gasteiger partial charge < -0.3 is 14.8 Å². The highest BCUT2D eigenvalue weighted by atomic mass is 16.5. The van der Waals surface area contributed by atoms with E-state index in [4.69, 9.17) is 4.74 Å². The van der Waals surface area contributed by atoms with Crippen molar-refractivity contribution in [2.45, 2.75) is 0 Å². The smallest absolute Gasteiger partial charge is 0.339 e. The Hall–Kier alpha value is -4.26. The number of ether oxygens (including phenoxy) is 2. The van der Waals surface area contributed by atoms with Crippen LogP contribution in [0.2, 0.25) is 0 Å². The standard InChI is InChI=1S/C24H19NO6/c1-30-23(28)19-9-5-6-10-20(19)24(29)31-15-21(26)16-11-13-18(14-12-16)25-22(27)17-7-3-2-4-8-17/h2-14H,15H2,1H3,(H,25,27). The number of hydrogen-bond donors (Lipinski definition) is 1. The molecule has 7 heteroatoms. The second-order valence-corrected chi connectivity index (χ2v) is 6.43. The van der Waals surface area contributed by atoms with Gasteiger partial charge in [-0.05, 0) is 48.5 Å². The number of esters is 2. The van der Waals surface area contributed by atoms with E-state index in [1.807, 2.05) is 6.07 Å². The number of benzene rings is 3. The van der Waals surface area contributed by atoms with E-state index in [1.165, 1.54) is 31.4 Å². The molecule has 0 aliphatic heterocycles. The molecule has 0 atom stereocenters. The Balaban J connectivity index is 1.60. The summed E-state index contributed by atoms with van der Waals surface area (Å²) in [5, 5.41) is 2.74. The van der Waals surface area contributed by atoms with E-state index >= 15 is 0 Å². The number of methoxy groups -OCH3 is 1. The van der Waals surface area contributed by atoms with E-state index < -0.39 is 24.3 Å². The van der Waals surface area contributed by atoms with Gasteiger partial charge >= 0.3 is 11.9 Å². The predicted octanol–water partition coefficient (Wildman–Crippen LogP) is 3.77. The van der Waals surface area contributed by atoms with Crippen LogP contribution >= 0.6 is 0 Å². The number of Topliss-reactive ketones (excluding diaryl/α,β-unsaturated/α-hetero) is 1. The Morgan fingerprint density at radius 1 is 0.710 bits per heavy atom.